The van der Waals surface area contributed by atoms with Crippen LogP contribution in [0.5, 0.6) is 6.08 Å². The summed E-state index contributed by atoms with van der Waals surface area (Å²) in [5.74, 6) is 1.04. The zero-order chi connectivity index (χ0) is 15.5. The van der Waals surface area contributed by atoms with E-state index < -0.39 is 0 Å². The molecule has 0 atom stereocenters. The Kier molecular flexibility index (Phi) is 4.30. The lowest BCUT2D eigenvalue weighted by atomic mass is 9.96. The van der Waals surface area contributed by atoms with Crippen LogP contribution in [0.1, 0.15) is 32.4 Å². The molecule has 0 radical (unpaired) electrons. The van der Waals surface area contributed by atoms with E-state index in [0.29, 0.717) is 18.1 Å². The summed E-state index contributed by atoms with van der Waals surface area (Å²) in [5.41, 5.74) is -0.231. The molecular formula is C14H19N3O4. The zero-order valence-electron chi connectivity index (χ0n) is 12.6. The molecule has 2 heterocycles. The fourth-order valence-electron chi connectivity index (χ4n) is 1.53. The standard InChI is InChI=1S/C14H19N3O4/c1-14(2,3)12-15-13(21-16-12)20-9-11(18)17(4)8-10-6-5-7-19-10/h5-7H,8-9H2,1-4H3. The van der Waals surface area contributed by atoms with E-state index in [-0.39, 0.29) is 24.0 Å². The number of amides is 1. The number of nitrogens with zero attached hydrogens (tertiary/aromatic N) is 3. The van der Waals surface area contributed by atoms with Crippen LogP contribution in [0.4, 0.5) is 0 Å². The number of carbonyl (C=O) groups is 1. The SMILES string of the molecule is CN(Cc1ccco1)C(=O)COc1nc(C(C)(C)C)no1. The first-order valence-electron chi connectivity index (χ1n) is 6.59. The van der Waals surface area contributed by atoms with Gasteiger partial charge in [0.05, 0.1) is 12.8 Å². The second kappa shape index (κ2) is 5.99. The summed E-state index contributed by atoms with van der Waals surface area (Å²) in [6.45, 7) is 6.10. The van der Waals surface area contributed by atoms with Crippen LogP contribution < -0.4 is 4.74 Å². The van der Waals surface area contributed by atoms with Crippen molar-refractivity contribution in [2.45, 2.75) is 32.7 Å². The molecule has 0 aliphatic rings. The van der Waals surface area contributed by atoms with Crippen molar-refractivity contribution in [2.24, 2.45) is 0 Å². The van der Waals surface area contributed by atoms with Gasteiger partial charge in [-0.15, -0.1) is 0 Å². The quantitative estimate of drug-likeness (QED) is 0.838. The average Bonchev–Trinajstić information content (AvgIpc) is 3.05. The van der Waals surface area contributed by atoms with Crippen molar-refractivity contribution in [3.05, 3.63) is 30.0 Å². The summed E-state index contributed by atoms with van der Waals surface area (Å²) in [7, 11) is 1.67. The molecule has 0 N–H and O–H groups in total. The van der Waals surface area contributed by atoms with Gasteiger partial charge in [-0.2, -0.15) is 4.98 Å². The average molecular weight is 293 g/mol. The molecule has 0 aliphatic heterocycles. The third-order valence-corrected chi connectivity index (χ3v) is 2.80. The molecule has 0 saturated heterocycles. The summed E-state index contributed by atoms with van der Waals surface area (Å²) in [6.07, 6.45) is 1.57. The summed E-state index contributed by atoms with van der Waals surface area (Å²) >= 11 is 0. The van der Waals surface area contributed by atoms with E-state index in [9.17, 15) is 4.79 Å². The van der Waals surface area contributed by atoms with Gasteiger partial charge in [0.2, 0.25) is 0 Å². The Morgan fingerprint density at radius 1 is 1.43 bits per heavy atom. The normalized spacial score (nSPS) is 11.4. The first-order valence-corrected chi connectivity index (χ1v) is 6.59. The fraction of sp³-hybridized carbons (Fsp3) is 0.500. The number of hydrogen-bond acceptors (Lipinski definition) is 6. The Balaban J connectivity index is 1.84. The maximum absolute atomic E-state index is 11.9. The van der Waals surface area contributed by atoms with Gasteiger partial charge in [-0.25, -0.2) is 0 Å². The highest BCUT2D eigenvalue weighted by molar-refractivity contribution is 5.77. The van der Waals surface area contributed by atoms with Crippen LogP contribution in [0.15, 0.2) is 27.3 Å². The number of rotatable bonds is 5. The van der Waals surface area contributed by atoms with Gasteiger partial charge in [0.15, 0.2) is 12.4 Å². The summed E-state index contributed by atoms with van der Waals surface area (Å²) < 4.78 is 15.4. The first-order chi connectivity index (χ1) is 9.86. The molecule has 0 unspecified atom stereocenters. The molecule has 0 saturated carbocycles. The minimum atomic E-state index is -0.231. The zero-order valence-corrected chi connectivity index (χ0v) is 12.6. The smallest absolute Gasteiger partial charge is 0.417 e. The van der Waals surface area contributed by atoms with Crippen LogP contribution in [-0.4, -0.2) is 34.6 Å². The third-order valence-electron chi connectivity index (χ3n) is 2.80. The van der Waals surface area contributed by atoms with E-state index >= 15 is 0 Å². The molecule has 1 amide bonds. The molecule has 7 heteroatoms. The van der Waals surface area contributed by atoms with Gasteiger partial charge in [-0.1, -0.05) is 25.9 Å². The van der Waals surface area contributed by atoms with Gasteiger partial charge in [-0.05, 0) is 12.1 Å². The van der Waals surface area contributed by atoms with E-state index in [1.165, 1.54) is 4.90 Å². The molecule has 0 bridgehead atoms. The van der Waals surface area contributed by atoms with E-state index in [2.05, 4.69) is 10.1 Å². The molecule has 0 aromatic carbocycles. The summed E-state index contributed by atoms with van der Waals surface area (Å²) in [5, 5.41) is 3.82. The van der Waals surface area contributed by atoms with Crippen molar-refractivity contribution in [3.8, 4) is 6.08 Å². The van der Waals surface area contributed by atoms with E-state index in [1.807, 2.05) is 20.8 Å². The van der Waals surface area contributed by atoms with Gasteiger partial charge in [0, 0.05) is 12.5 Å². The third kappa shape index (κ3) is 4.08. The summed E-state index contributed by atoms with van der Waals surface area (Å²) in [4.78, 5) is 17.5. The topological polar surface area (TPSA) is 81.6 Å². The molecule has 0 aliphatic carbocycles. The van der Waals surface area contributed by atoms with E-state index in [4.69, 9.17) is 13.7 Å². The van der Waals surface area contributed by atoms with Crippen LogP contribution in [0.3, 0.4) is 0 Å². The number of ether oxygens (including phenoxy) is 1. The van der Waals surface area contributed by atoms with Gasteiger partial charge in [0.25, 0.3) is 5.91 Å². The predicted molar refractivity (Wildman–Crippen MR) is 73.7 cm³/mol. The monoisotopic (exact) mass is 293 g/mol. The lowest BCUT2D eigenvalue weighted by molar-refractivity contribution is -0.133. The van der Waals surface area contributed by atoms with Crippen molar-refractivity contribution in [2.75, 3.05) is 13.7 Å². The van der Waals surface area contributed by atoms with Gasteiger partial charge in [0.1, 0.15) is 5.76 Å². The molecule has 2 aromatic heterocycles. The Morgan fingerprint density at radius 3 is 2.76 bits per heavy atom. The lowest BCUT2D eigenvalue weighted by Crippen LogP contribution is -2.30. The first kappa shape index (κ1) is 15.1. The van der Waals surface area contributed by atoms with Gasteiger partial charge in [-0.3, -0.25) is 9.32 Å². The lowest BCUT2D eigenvalue weighted by Gasteiger charge is -2.14. The fourth-order valence-corrected chi connectivity index (χ4v) is 1.53. The number of carbonyl (C=O) groups excluding carboxylic acids is 1. The van der Waals surface area contributed by atoms with Crippen LogP contribution >= 0.6 is 0 Å². The Bertz CT molecular complexity index is 584. The molecule has 2 rings (SSSR count). The maximum Gasteiger partial charge on any atom is 0.417 e. The molecule has 7 nitrogen and oxygen atoms in total. The van der Waals surface area contributed by atoms with Crippen molar-refractivity contribution in [3.63, 3.8) is 0 Å². The van der Waals surface area contributed by atoms with E-state index in [1.54, 1.807) is 25.4 Å². The molecule has 0 fully saturated rings. The molecule has 114 valence electrons. The van der Waals surface area contributed by atoms with Crippen LogP contribution in [-0.2, 0) is 16.8 Å². The van der Waals surface area contributed by atoms with Crippen LogP contribution in [0.2, 0.25) is 0 Å². The number of furan rings is 1. The van der Waals surface area contributed by atoms with Crippen LogP contribution in [0, 0.1) is 0 Å². The Labute approximate surface area is 122 Å². The Morgan fingerprint density at radius 2 is 2.19 bits per heavy atom. The van der Waals surface area contributed by atoms with Crippen molar-refractivity contribution in [1.29, 1.82) is 0 Å². The van der Waals surface area contributed by atoms with E-state index in [0.717, 1.165) is 0 Å². The van der Waals surface area contributed by atoms with Crippen molar-refractivity contribution < 1.29 is 18.5 Å². The minimum Gasteiger partial charge on any atom is -0.467 e. The highest BCUT2D eigenvalue weighted by atomic mass is 16.6. The van der Waals surface area contributed by atoms with Crippen LogP contribution in [0.25, 0.3) is 0 Å². The second-order valence-electron chi connectivity index (χ2n) is 5.75. The molecular weight excluding hydrogens is 274 g/mol. The molecule has 2 aromatic rings. The maximum atomic E-state index is 11.9. The van der Waals surface area contributed by atoms with Crippen molar-refractivity contribution in [1.82, 2.24) is 15.0 Å². The largest absolute Gasteiger partial charge is 0.467 e. The van der Waals surface area contributed by atoms with Gasteiger partial charge < -0.3 is 14.1 Å². The number of hydrogen-bond donors (Lipinski definition) is 0. The van der Waals surface area contributed by atoms with Crippen molar-refractivity contribution >= 4 is 5.91 Å². The minimum absolute atomic E-state index is 0.000302. The highest BCUT2D eigenvalue weighted by Gasteiger charge is 2.22. The predicted octanol–water partition coefficient (Wildman–Crippen LogP) is 2.00. The summed E-state index contributed by atoms with van der Waals surface area (Å²) in [6, 6.07) is 3.58. The molecule has 0 spiro atoms. The second-order valence-corrected chi connectivity index (χ2v) is 5.75. The highest BCUT2D eigenvalue weighted by Crippen LogP contribution is 2.20. The van der Waals surface area contributed by atoms with Gasteiger partial charge >= 0.3 is 6.08 Å². The molecule has 21 heavy (non-hydrogen) atoms. The Hall–Kier alpha value is -2.31. The number of aromatic nitrogens is 2. The number of likely N-dealkylation sites (N-methyl/N-ethyl adjacent to an activating group) is 1.